The van der Waals surface area contributed by atoms with Crippen LogP contribution in [0.2, 0.25) is 0 Å². The van der Waals surface area contributed by atoms with Crippen molar-refractivity contribution in [3.63, 3.8) is 0 Å². The van der Waals surface area contributed by atoms with E-state index in [4.69, 9.17) is 4.74 Å². The highest BCUT2D eigenvalue weighted by Crippen LogP contribution is 2.71. The smallest absolute Gasteiger partial charge is 0.238 e. The minimum atomic E-state index is 0.0325. The summed E-state index contributed by atoms with van der Waals surface area (Å²) in [7, 11) is 0. The lowest BCUT2D eigenvalue weighted by atomic mass is 9.88. The molecule has 1 heterocycles. The lowest BCUT2D eigenvalue weighted by Gasteiger charge is -2.33. The second-order valence-electron chi connectivity index (χ2n) is 12.5. The van der Waals surface area contributed by atoms with E-state index in [1.54, 1.807) is 0 Å². The summed E-state index contributed by atoms with van der Waals surface area (Å²) in [5, 5.41) is 13.7. The first-order valence-corrected chi connectivity index (χ1v) is 18.3. The molecule has 10 heteroatoms. The van der Waals surface area contributed by atoms with Crippen molar-refractivity contribution in [3.05, 3.63) is 22.3 Å². The Bertz CT molecular complexity index is 1010. The Balaban J connectivity index is 1.43. The van der Waals surface area contributed by atoms with Crippen molar-refractivity contribution >= 4 is 79.4 Å². The summed E-state index contributed by atoms with van der Waals surface area (Å²) in [6, 6.07) is 2.21. The number of anilines is 1. The SMILES string of the molecule is CCC(Cc1c(I)cc(I)c(NC(=O)CN2CCNCCNCCNCC2)c1I)OC12CC(C)CCC1C2(C)C. The Morgan fingerprint density at radius 1 is 1.05 bits per heavy atom. The molecule has 1 saturated heterocycles. The van der Waals surface area contributed by atoms with Crippen LogP contribution in [0.5, 0.6) is 0 Å². The molecule has 0 bridgehead atoms. The fraction of sp³-hybridized carbons (Fsp3) is 0.767. The number of rotatable bonds is 8. The fourth-order valence-electron chi connectivity index (χ4n) is 6.86. The predicted octanol–water partition coefficient (Wildman–Crippen LogP) is 5.08. The number of benzene rings is 1. The van der Waals surface area contributed by atoms with Crippen LogP contribution in [0.4, 0.5) is 5.69 Å². The second-order valence-corrected chi connectivity index (χ2v) is 15.9. The molecule has 3 aliphatic rings. The van der Waals surface area contributed by atoms with E-state index in [-0.39, 0.29) is 23.0 Å². The number of halogens is 3. The number of hydrogen-bond acceptors (Lipinski definition) is 6. The lowest BCUT2D eigenvalue weighted by Crippen LogP contribution is -2.44. The van der Waals surface area contributed by atoms with E-state index in [9.17, 15) is 4.79 Å². The van der Waals surface area contributed by atoms with Crippen LogP contribution in [-0.4, -0.2) is 81.4 Å². The van der Waals surface area contributed by atoms with E-state index in [2.05, 4.69) is 128 Å². The van der Waals surface area contributed by atoms with Crippen molar-refractivity contribution in [2.24, 2.45) is 17.3 Å². The Hall–Kier alpha value is 0.680. The Kier molecular flexibility index (Phi) is 12.7. The average Bonchev–Trinajstić information content (AvgIpc) is 3.37. The molecule has 2 aliphatic carbocycles. The molecule has 4 unspecified atom stereocenters. The van der Waals surface area contributed by atoms with Crippen LogP contribution in [0.3, 0.4) is 0 Å². The number of amides is 1. The number of nitrogens with one attached hydrogen (secondary N) is 4. The van der Waals surface area contributed by atoms with E-state index >= 15 is 0 Å². The summed E-state index contributed by atoms with van der Waals surface area (Å²) >= 11 is 7.29. The summed E-state index contributed by atoms with van der Waals surface area (Å²) < 4.78 is 10.6. The topological polar surface area (TPSA) is 77.7 Å². The Morgan fingerprint density at radius 3 is 2.30 bits per heavy atom. The van der Waals surface area contributed by atoms with Gasteiger partial charge in [0.05, 0.1) is 23.9 Å². The summed E-state index contributed by atoms with van der Waals surface area (Å²) in [5.74, 6) is 1.47. The quantitative estimate of drug-likeness (QED) is 0.274. The number of ether oxygens (including phenoxy) is 1. The molecule has 0 radical (unpaired) electrons. The number of carbonyl (C=O) groups is 1. The van der Waals surface area contributed by atoms with Gasteiger partial charge in [-0.1, -0.05) is 34.1 Å². The molecule has 1 aromatic carbocycles. The molecular formula is C30H48I3N5O2. The lowest BCUT2D eigenvalue weighted by molar-refractivity contribution is -0.117. The van der Waals surface area contributed by atoms with Crippen molar-refractivity contribution in [1.82, 2.24) is 20.9 Å². The van der Waals surface area contributed by atoms with Crippen molar-refractivity contribution in [3.8, 4) is 0 Å². The first kappa shape index (κ1) is 33.6. The molecule has 4 N–H and O–H groups in total. The van der Waals surface area contributed by atoms with Crippen molar-refractivity contribution in [1.29, 1.82) is 0 Å². The number of carbonyl (C=O) groups excluding carboxylic acids is 1. The molecule has 3 fully saturated rings. The molecule has 1 aliphatic heterocycles. The zero-order valence-electron chi connectivity index (χ0n) is 24.6. The number of hydrogen-bond donors (Lipinski definition) is 4. The van der Waals surface area contributed by atoms with E-state index < -0.39 is 0 Å². The van der Waals surface area contributed by atoms with Gasteiger partial charge in [0, 0.05) is 69.5 Å². The van der Waals surface area contributed by atoms with Gasteiger partial charge >= 0.3 is 0 Å². The fourth-order valence-corrected chi connectivity index (χ4v) is 10.9. The van der Waals surface area contributed by atoms with Gasteiger partial charge in [-0.25, -0.2) is 0 Å². The molecule has 7 nitrogen and oxygen atoms in total. The first-order valence-electron chi connectivity index (χ1n) is 15.1. The van der Waals surface area contributed by atoms with Gasteiger partial charge in [0.2, 0.25) is 5.91 Å². The van der Waals surface area contributed by atoms with E-state index in [0.29, 0.717) is 12.5 Å². The molecule has 40 heavy (non-hydrogen) atoms. The molecule has 0 spiro atoms. The van der Waals surface area contributed by atoms with Gasteiger partial charge in [-0.2, -0.15) is 0 Å². The monoisotopic (exact) mass is 891 g/mol. The van der Waals surface area contributed by atoms with Gasteiger partial charge in [0.1, 0.15) is 0 Å². The maximum atomic E-state index is 13.3. The van der Waals surface area contributed by atoms with Gasteiger partial charge in [-0.15, -0.1) is 0 Å². The Labute approximate surface area is 282 Å². The van der Waals surface area contributed by atoms with Gasteiger partial charge in [-0.05, 0) is 116 Å². The maximum absolute atomic E-state index is 13.3. The molecule has 226 valence electrons. The van der Waals surface area contributed by atoms with Crippen molar-refractivity contribution in [2.75, 3.05) is 64.2 Å². The highest BCUT2D eigenvalue weighted by atomic mass is 127. The third kappa shape index (κ3) is 8.03. The van der Waals surface area contributed by atoms with Gasteiger partial charge in [-0.3, -0.25) is 9.69 Å². The average molecular weight is 891 g/mol. The van der Waals surface area contributed by atoms with Crippen LogP contribution >= 0.6 is 67.8 Å². The maximum Gasteiger partial charge on any atom is 0.238 e. The number of nitrogens with zero attached hydrogens (tertiary/aromatic N) is 1. The number of fused-ring (bicyclic) bond motifs is 1. The zero-order chi connectivity index (χ0) is 28.9. The summed E-state index contributed by atoms with van der Waals surface area (Å²) in [6.07, 6.45) is 5.85. The van der Waals surface area contributed by atoms with E-state index in [1.165, 1.54) is 28.4 Å². The molecule has 4 rings (SSSR count). The van der Waals surface area contributed by atoms with Crippen LogP contribution in [0, 0.1) is 28.0 Å². The van der Waals surface area contributed by atoms with Crippen LogP contribution < -0.4 is 21.3 Å². The third-order valence-electron chi connectivity index (χ3n) is 9.37. The highest BCUT2D eigenvalue weighted by molar-refractivity contribution is 14.1. The third-order valence-corrected chi connectivity index (χ3v) is 12.4. The first-order chi connectivity index (χ1) is 19.1. The van der Waals surface area contributed by atoms with Gasteiger partial charge in [0.15, 0.2) is 0 Å². The molecule has 1 amide bonds. The minimum absolute atomic E-state index is 0.0325. The van der Waals surface area contributed by atoms with Crippen LogP contribution in [-0.2, 0) is 16.0 Å². The summed E-state index contributed by atoms with van der Waals surface area (Å²) in [4.78, 5) is 15.6. The van der Waals surface area contributed by atoms with Crippen LogP contribution in [0.1, 0.15) is 58.9 Å². The normalized spacial score (nSPS) is 28.6. The molecule has 2 saturated carbocycles. The van der Waals surface area contributed by atoms with Gasteiger partial charge < -0.3 is 26.0 Å². The molecule has 1 aromatic rings. The molecular weight excluding hydrogens is 843 g/mol. The van der Waals surface area contributed by atoms with Gasteiger partial charge in [0.25, 0.3) is 0 Å². The van der Waals surface area contributed by atoms with Crippen molar-refractivity contribution < 1.29 is 9.53 Å². The molecule has 4 atom stereocenters. The summed E-state index contributed by atoms with van der Waals surface area (Å²) in [6.45, 7) is 17.2. The van der Waals surface area contributed by atoms with E-state index in [1.807, 2.05) is 0 Å². The zero-order valence-corrected chi connectivity index (χ0v) is 31.1. The largest absolute Gasteiger partial charge is 0.371 e. The second kappa shape index (κ2) is 15.1. The minimum Gasteiger partial charge on any atom is -0.371 e. The summed E-state index contributed by atoms with van der Waals surface area (Å²) in [5.41, 5.74) is 2.54. The van der Waals surface area contributed by atoms with Crippen LogP contribution in [0.25, 0.3) is 0 Å². The Morgan fingerprint density at radius 2 is 1.68 bits per heavy atom. The molecule has 0 aromatic heterocycles. The highest BCUT2D eigenvalue weighted by Gasteiger charge is 2.73. The van der Waals surface area contributed by atoms with Crippen LogP contribution in [0.15, 0.2) is 6.07 Å². The van der Waals surface area contributed by atoms with E-state index in [0.717, 1.165) is 83.9 Å². The standard InChI is InChI=1S/C30H48I3N5O2/c1-5-21(40-30-18-20(2)6-7-25(30)29(30,3)4)16-22-23(31)17-24(32)28(27(22)33)37-26(39)19-38-14-12-35-10-8-34-9-11-36-13-15-38/h17,20-21,25,34-36H,5-16,18-19H2,1-4H3,(H,37,39). The van der Waals surface area contributed by atoms with Crippen molar-refractivity contribution in [2.45, 2.75) is 71.5 Å². The predicted molar refractivity (Wildman–Crippen MR) is 190 cm³/mol.